The molecule has 1 spiro atoms. The number of nitrogens with zero attached hydrogens (tertiary/aromatic N) is 5. The maximum absolute atomic E-state index is 13.6. The van der Waals surface area contributed by atoms with Crippen LogP contribution in [0.2, 0.25) is 0 Å². The normalized spacial score (nSPS) is 19.5. The van der Waals surface area contributed by atoms with E-state index in [1.807, 2.05) is 38.7 Å². The maximum Gasteiger partial charge on any atom is 0.434 e. The van der Waals surface area contributed by atoms with Gasteiger partial charge in [-0.25, -0.2) is 14.2 Å². The Bertz CT molecular complexity index is 1360. The molecule has 0 N–H and O–H groups in total. The summed E-state index contributed by atoms with van der Waals surface area (Å²) in [4.78, 5) is 10.8. The van der Waals surface area contributed by atoms with Crippen LogP contribution in [0.25, 0.3) is 16.6 Å². The zero-order chi connectivity index (χ0) is 24.6. The summed E-state index contributed by atoms with van der Waals surface area (Å²) < 4.78 is 64.1. The molecule has 34 heavy (non-hydrogen) atoms. The standard InChI is InChI=1S/C23H26F3N5O2S/c1-13-6-15(14(2)29-34(32)21(3,4)5)18-16(7-13)19-27-17(23(24,25)26)8-31(19)20(28-18)30-9-22(10-30)11-33-12-22/h6-8H,9-12H2,1-5H3/t34-/m1/s1. The molecule has 2 aliphatic rings. The van der Waals surface area contributed by atoms with E-state index in [1.54, 1.807) is 13.0 Å². The van der Waals surface area contributed by atoms with Crippen molar-refractivity contribution in [3.63, 3.8) is 0 Å². The second-order valence-corrected chi connectivity index (χ2v) is 12.2. The highest BCUT2D eigenvalue weighted by atomic mass is 32.2. The van der Waals surface area contributed by atoms with Crippen molar-refractivity contribution in [3.05, 3.63) is 35.2 Å². The highest BCUT2D eigenvalue weighted by Gasteiger charge is 2.50. The number of benzene rings is 1. The summed E-state index contributed by atoms with van der Waals surface area (Å²) in [5.41, 5.74) is 1.73. The first-order valence-corrected chi connectivity index (χ1v) is 12.1. The van der Waals surface area contributed by atoms with Gasteiger partial charge in [0.15, 0.2) is 5.69 Å². The van der Waals surface area contributed by atoms with E-state index in [0.29, 0.717) is 54.4 Å². The number of imidazole rings is 1. The van der Waals surface area contributed by atoms with Crippen molar-refractivity contribution in [2.24, 2.45) is 9.81 Å². The van der Waals surface area contributed by atoms with E-state index in [-0.39, 0.29) is 11.1 Å². The Hall–Kier alpha value is -2.53. The number of aromatic nitrogens is 3. The number of hydrogen-bond acceptors (Lipinski definition) is 5. The van der Waals surface area contributed by atoms with Gasteiger partial charge in [0.1, 0.15) is 16.6 Å². The molecule has 1 aromatic carbocycles. The molecule has 5 rings (SSSR count). The van der Waals surface area contributed by atoms with Crippen molar-refractivity contribution in [2.75, 3.05) is 31.2 Å². The van der Waals surface area contributed by atoms with Gasteiger partial charge in [-0.05, 0) is 52.3 Å². The lowest BCUT2D eigenvalue weighted by molar-refractivity contribution is -0.140. The number of rotatable bonds is 3. The number of aryl methyl sites for hydroxylation is 1. The lowest BCUT2D eigenvalue weighted by Crippen LogP contribution is -2.66. The zero-order valence-corrected chi connectivity index (χ0v) is 20.5. The van der Waals surface area contributed by atoms with Gasteiger partial charge in [0, 0.05) is 30.2 Å². The first-order valence-electron chi connectivity index (χ1n) is 11.0. The minimum Gasteiger partial charge on any atom is -0.380 e. The number of ether oxygens (including phenoxy) is 1. The molecule has 2 saturated heterocycles. The lowest BCUT2D eigenvalue weighted by atomic mass is 9.78. The van der Waals surface area contributed by atoms with Crippen LogP contribution in [0.15, 0.2) is 22.7 Å². The molecule has 0 amide bonds. The van der Waals surface area contributed by atoms with Crippen LogP contribution >= 0.6 is 0 Å². The van der Waals surface area contributed by atoms with Crippen LogP contribution in [-0.2, 0) is 21.9 Å². The molecule has 1 atom stereocenters. The Morgan fingerprint density at radius 1 is 1.18 bits per heavy atom. The molecule has 182 valence electrons. The highest BCUT2D eigenvalue weighted by molar-refractivity contribution is 7.85. The molecule has 2 aliphatic heterocycles. The van der Waals surface area contributed by atoms with Gasteiger partial charge in [-0.3, -0.25) is 4.40 Å². The molecule has 11 heteroatoms. The Labute approximate surface area is 197 Å². The van der Waals surface area contributed by atoms with Crippen LogP contribution in [0.1, 0.15) is 44.5 Å². The van der Waals surface area contributed by atoms with Crippen LogP contribution in [0.5, 0.6) is 0 Å². The minimum absolute atomic E-state index is 0.0491. The molecule has 3 aromatic rings. The van der Waals surface area contributed by atoms with Gasteiger partial charge in [-0.15, -0.1) is 0 Å². The summed E-state index contributed by atoms with van der Waals surface area (Å²) in [5, 5.41) is 0.493. The van der Waals surface area contributed by atoms with Gasteiger partial charge in [0.25, 0.3) is 0 Å². The van der Waals surface area contributed by atoms with Crippen LogP contribution in [0, 0.1) is 12.3 Å². The second kappa shape index (κ2) is 7.48. The summed E-state index contributed by atoms with van der Waals surface area (Å²) in [6.07, 6.45) is -3.57. The molecule has 0 aliphatic carbocycles. The highest BCUT2D eigenvalue weighted by Crippen LogP contribution is 2.41. The van der Waals surface area contributed by atoms with Gasteiger partial charge in [-0.2, -0.15) is 17.6 Å². The number of halogens is 3. The topological polar surface area (TPSA) is 72.1 Å². The first kappa shape index (κ1) is 23.2. The molecule has 0 bridgehead atoms. The molecule has 0 unspecified atom stereocenters. The smallest absolute Gasteiger partial charge is 0.380 e. The van der Waals surface area contributed by atoms with Gasteiger partial charge < -0.3 is 9.64 Å². The maximum atomic E-state index is 13.6. The van der Waals surface area contributed by atoms with Crippen LogP contribution in [-0.4, -0.2) is 55.3 Å². The zero-order valence-electron chi connectivity index (χ0n) is 19.7. The molecule has 0 saturated carbocycles. The lowest BCUT2D eigenvalue weighted by Gasteiger charge is -2.55. The van der Waals surface area contributed by atoms with Gasteiger partial charge in [-0.1, -0.05) is 0 Å². The van der Waals surface area contributed by atoms with Crippen molar-refractivity contribution in [3.8, 4) is 0 Å². The van der Waals surface area contributed by atoms with E-state index in [1.165, 1.54) is 4.40 Å². The Balaban J connectivity index is 1.74. The Morgan fingerprint density at radius 3 is 2.41 bits per heavy atom. The number of anilines is 1. The first-order chi connectivity index (χ1) is 15.8. The summed E-state index contributed by atoms with van der Waals surface area (Å²) in [6, 6.07) is 3.66. The number of alkyl halides is 3. The van der Waals surface area contributed by atoms with Crippen LogP contribution in [0.4, 0.5) is 19.1 Å². The van der Waals surface area contributed by atoms with E-state index < -0.39 is 27.6 Å². The molecule has 0 radical (unpaired) electrons. The monoisotopic (exact) mass is 493 g/mol. The molecule has 2 fully saturated rings. The fourth-order valence-corrected chi connectivity index (χ4v) is 4.99. The summed E-state index contributed by atoms with van der Waals surface area (Å²) in [5.74, 6) is 0.401. The van der Waals surface area contributed by atoms with E-state index in [9.17, 15) is 17.4 Å². The molecule has 4 heterocycles. The fourth-order valence-electron chi connectivity index (χ4n) is 4.37. The molecule has 2 aromatic heterocycles. The van der Waals surface area contributed by atoms with E-state index in [0.717, 1.165) is 11.8 Å². The predicted molar refractivity (Wildman–Crippen MR) is 126 cm³/mol. The van der Waals surface area contributed by atoms with Crippen LogP contribution in [0.3, 0.4) is 0 Å². The molecule has 7 nitrogen and oxygen atoms in total. The predicted octanol–water partition coefficient (Wildman–Crippen LogP) is 4.32. The molecular formula is C23H26F3N5O2S. The third-order valence-corrected chi connectivity index (χ3v) is 7.69. The summed E-state index contributed by atoms with van der Waals surface area (Å²) in [6.45, 7) is 11.7. The molecular weight excluding hydrogens is 467 g/mol. The quantitative estimate of drug-likeness (QED) is 0.509. The van der Waals surface area contributed by atoms with E-state index in [2.05, 4.69) is 9.38 Å². The average Bonchev–Trinajstić information content (AvgIpc) is 3.11. The van der Waals surface area contributed by atoms with Crippen molar-refractivity contribution < 1.29 is 22.1 Å². The third-order valence-electron chi connectivity index (χ3n) is 6.20. The fraction of sp³-hybridized carbons (Fsp3) is 0.522. The van der Waals surface area contributed by atoms with Crippen LogP contribution < -0.4 is 4.90 Å². The average molecular weight is 494 g/mol. The van der Waals surface area contributed by atoms with E-state index >= 15 is 0 Å². The van der Waals surface area contributed by atoms with E-state index in [4.69, 9.17) is 9.72 Å². The Kier molecular flexibility index (Phi) is 5.11. The summed E-state index contributed by atoms with van der Waals surface area (Å²) in [7, 11) is -1.49. The third kappa shape index (κ3) is 3.78. The SMILES string of the molecule is CC(=N[S@](=O)C(C)(C)C)c1cc(C)cc2c1nc(N1CC3(COC3)C1)n1cc(C(F)(F)F)nc21. The van der Waals surface area contributed by atoms with Gasteiger partial charge in [0.05, 0.1) is 34.6 Å². The van der Waals surface area contributed by atoms with Crippen molar-refractivity contribution in [1.82, 2.24) is 14.4 Å². The minimum atomic E-state index is -4.58. The van der Waals surface area contributed by atoms with Gasteiger partial charge in [0.2, 0.25) is 5.95 Å². The number of fused-ring (bicyclic) bond motifs is 3. The van der Waals surface area contributed by atoms with Crippen molar-refractivity contribution in [2.45, 2.75) is 45.5 Å². The van der Waals surface area contributed by atoms with Crippen molar-refractivity contribution >= 4 is 39.2 Å². The largest absolute Gasteiger partial charge is 0.434 e. The Morgan fingerprint density at radius 2 is 1.85 bits per heavy atom. The summed E-state index contributed by atoms with van der Waals surface area (Å²) >= 11 is 0. The van der Waals surface area contributed by atoms with Crippen molar-refractivity contribution in [1.29, 1.82) is 0 Å². The second-order valence-electron chi connectivity index (χ2n) is 10.3. The van der Waals surface area contributed by atoms with Gasteiger partial charge >= 0.3 is 6.18 Å². The number of hydrogen-bond donors (Lipinski definition) is 0.